The van der Waals surface area contributed by atoms with Crippen LogP contribution in [0.25, 0.3) is 0 Å². The molecule has 12 heavy (non-hydrogen) atoms. The van der Waals surface area contributed by atoms with Crippen LogP contribution in [0.5, 0.6) is 0 Å². The topological polar surface area (TPSA) is 23.5 Å². The van der Waals surface area contributed by atoms with Crippen molar-refractivity contribution >= 4 is 0 Å². The minimum absolute atomic E-state index is 0.205. The summed E-state index contributed by atoms with van der Waals surface area (Å²) in [4.78, 5) is 2.53. The van der Waals surface area contributed by atoms with Crippen molar-refractivity contribution in [3.05, 3.63) is 0 Å². The molecular weight excluding hydrogens is 150 g/mol. The van der Waals surface area contributed by atoms with E-state index in [2.05, 4.69) is 4.90 Å². The highest BCUT2D eigenvalue weighted by atomic mass is 16.3. The number of rotatable bonds is 1. The van der Waals surface area contributed by atoms with E-state index in [1.54, 1.807) is 0 Å². The van der Waals surface area contributed by atoms with Gasteiger partial charge in [0.25, 0.3) is 0 Å². The zero-order valence-electron chi connectivity index (χ0n) is 7.76. The number of piperidine rings is 2. The van der Waals surface area contributed by atoms with Crippen molar-refractivity contribution in [2.75, 3.05) is 19.7 Å². The van der Waals surface area contributed by atoms with Gasteiger partial charge in [-0.25, -0.2) is 0 Å². The Kier molecular flexibility index (Phi) is 2.37. The average Bonchev–Trinajstić information content (AvgIpc) is 2.18. The molecule has 70 valence electrons. The van der Waals surface area contributed by atoms with E-state index in [0.717, 1.165) is 0 Å². The van der Waals surface area contributed by atoms with Gasteiger partial charge in [-0.3, -0.25) is 4.90 Å². The van der Waals surface area contributed by atoms with E-state index in [1.165, 1.54) is 51.6 Å². The molecule has 0 aromatic rings. The van der Waals surface area contributed by atoms with Gasteiger partial charge in [-0.2, -0.15) is 0 Å². The van der Waals surface area contributed by atoms with Crippen LogP contribution < -0.4 is 0 Å². The maximum Gasteiger partial charge on any atom is 0.0615 e. The Morgan fingerprint density at radius 1 is 1.00 bits per heavy atom. The Morgan fingerprint density at radius 3 is 2.00 bits per heavy atom. The minimum atomic E-state index is 0.205. The molecule has 0 saturated carbocycles. The first-order valence-corrected chi connectivity index (χ1v) is 5.23. The molecule has 0 spiro atoms. The van der Waals surface area contributed by atoms with Gasteiger partial charge >= 0.3 is 0 Å². The smallest absolute Gasteiger partial charge is 0.0615 e. The number of hydrogen-bond donors (Lipinski definition) is 1. The normalized spacial score (nSPS) is 29.8. The minimum Gasteiger partial charge on any atom is -0.394 e. The lowest BCUT2D eigenvalue weighted by Gasteiger charge is -2.49. The van der Waals surface area contributed by atoms with Crippen LogP contribution in [0.4, 0.5) is 0 Å². The second kappa shape index (κ2) is 3.35. The van der Waals surface area contributed by atoms with Crippen molar-refractivity contribution in [1.82, 2.24) is 4.90 Å². The van der Waals surface area contributed by atoms with Crippen LogP contribution in [-0.4, -0.2) is 35.2 Å². The van der Waals surface area contributed by atoms with Crippen molar-refractivity contribution in [2.45, 2.75) is 44.1 Å². The molecule has 2 fully saturated rings. The first kappa shape index (κ1) is 8.52. The molecule has 0 atom stereocenters. The third-order valence-corrected chi connectivity index (χ3v) is 3.61. The lowest BCUT2D eigenvalue weighted by atomic mass is 9.80. The summed E-state index contributed by atoms with van der Waals surface area (Å²) in [5, 5.41) is 9.44. The highest BCUT2D eigenvalue weighted by molar-refractivity contribution is 4.95. The maximum absolute atomic E-state index is 9.44. The average molecular weight is 169 g/mol. The summed E-state index contributed by atoms with van der Waals surface area (Å²) in [6.45, 7) is 2.83. The molecule has 0 aromatic carbocycles. The molecule has 2 heterocycles. The van der Waals surface area contributed by atoms with E-state index in [0.29, 0.717) is 6.61 Å². The lowest BCUT2D eigenvalue weighted by Crippen LogP contribution is -2.56. The summed E-state index contributed by atoms with van der Waals surface area (Å²) < 4.78 is 0. The maximum atomic E-state index is 9.44. The summed E-state index contributed by atoms with van der Waals surface area (Å²) in [6, 6.07) is 0. The second-order valence-corrected chi connectivity index (χ2v) is 4.28. The lowest BCUT2D eigenvalue weighted by molar-refractivity contribution is -0.0282. The second-order valence-electron chi connectivity index (χ2n) is 4.28. The Balaban J connectivity index is 2.10. The molecule has 2 saturated heterocycles. The Hall–Kier alpha value is -0.0800. The van der Waals surface area contributed by atoms with Gasteiger partial charge in [-0.15, -0.1) is 0 Å². The van der Waals surface area contributed by atoms with Gasteiger partial charge in [0.15, 0.2) is 0 Å². The summed E-state index contributed by atoms with van der Waals surface area (Å²) in [5.41, 5.74) is 0.205. The number of hydrogen-bond acceptors (Lipinski definition) is 2. The van der Waals surface area contributed by atoms with E-state index < -0.39 is 0 Å². The number of aliphatic hydroxyl groups is 1. The van der Waals surface area contributed by atoms with Crippen LogP contribution in [0, 0.1) is 0 Å². The predicted molar refractivity (Wildman–Crippen MR) is 49.1 cm³/mol. The molecule has 2 aliphatic rings. The van der Waals surface area contributed by atoms with E-state index in [-0.39, 0.29) is 5.54 Å². The van der Waals surface area contributed by atoms with Crippen molar-refractivity contribution in [3.8, 4) is 0 Å². The molecule has 0 bridgehead atoms. The summed E-state index contributed by atoms with van der Waals surface area (Å²) >= 11 is 0. The van der Waals surface area contributed by atoms with Crippen LogP contribution in [0.3, 0.4) is 0 Å². The third-order valence-electron chi connectivity index (χ3n) is 3.61. The fourth-order valence-electron chi connectivity index (χ4n) is 2.80. The van der Waals surface area contributed by atoms with E-state index >= 15 is 0 Å². The summed E-state index contributed by atoms with van der Waals surface area (Å²) in [7, 11) is 0. The fourth-order valence-corrected chi connectivity index (χ4v) is 2.80. The summed E-state index contributed by atoms with van der Waals surface area (Å²) in [5.74, 6) is 0. The monoisotopic (exact) mass is 169 g/mol. The highest BCUT2D eigenvalue weighted by Gasteiger charge is 2.39. The van der Waals surface area contributed by atoms with E-state index in [1.807, 2.05) is 0 Å². The van der Waals surface area contributed by atoms with Crippen LogP contribution in [-0.2, 0) is 0 Å². The van der Waals surface area contributed by atoms with Crippen molar-refractivity contribution in [3.63, 3.8) is 0 Å². The van der Waals surface area contributed by atoms with Crippen LogP contribution in [0.1, 0.15) is 38.5 Å². The third kappa shape index (κ3) is 1.27. The first-order valence-electron chi connectivity index (χ1n) is 5.23. The van der Waals surface area contributed by atoms with Crippen molar-refractivity contribution < 1.29 is 5.11 Å². The molecule has 0 radical (unpaired) electrons. The molecule has 0 aliphatic carbocycles. The Labute approximate surface area is 74.6 Å². The zero-order valence-corrected chi connectivity index (χ0v) is 7.76. The van der Waals surface area contributed by atoms with Gasteiger partial charge in [0.1, 0.15) is 0 Å². The fraction of sp³-hybridized carbons (Fsp3) is 1.00. The van der Waals surface area contributed by atoms with E-state index in [9.17, 15) is 5.11 Å². The number of nitrogens with zero attached hydrogens (tertiary/aromatic N) is 1. The molecule has 2 nitrogen and oxygen atoms in total. The van der Waals surface area contributed by atoms with Crippen molar-refractivity contribution in [2.24, 2.45) is 0 Å². The highest BCUT2D eigenvalue weighted by Crippen LogP contribution is 2.35. The van der Waals surface area contributed by atoms with Gasteiger partial charge in [-0.1, -0.05) is 12.8 Å². The molecule has 1 N–H and O–H groups in total. The SMILES string of the molecule is OCC12CCCCN1CCCC2. The molecule has 2 aliphatic heterocycles. The van der Waals surface area contributed by atoms with Crippen molar-refractivity contribution in [1.29, 1.82) is 0 Å². The summed E-state index contributed by atoms with van der Waals surface area (Å²) in [6.07, 6.45) is 7.75. The quantitative estimate of drug-likeness (QED) is 0.641. The molecule has 2 heteroatoms. The van der Waals surface area contributed by atoms with Gasteiger partial charge in [0, 0.05) is 5.54 Å². The predicted octanol–water partition coefficient (Wildman–Crippen LogP) is 1.39. The van der Waals surface area contributed by atoms with Crippen LogP contribution in [0.2, 0.25) is 0 Å². The zero-order chi connectivity index (χ0) is 8.44. The van der Waals surface area contributed by atoms with Crippen LogP contribution in [0.15, 0.2) is 0 Å². The van der Waals surface area contributed by atoms with Gasteiger partial charge < -0.3 is 5.11 Å². The molecule has 0 unspecified atom stereocenters. The van der Waals surface area contributed by atoms with Gasteiger partial charge in [0.05, 0.1) is 6.61 Å². The molecule has 0 aromatic heterocycles. The van der Waals surface area contributed by atoms with Gasteiger partial charge in [0.2, 0.25) is 0 Å². The Bertz CT molecular complexity index is 146. The largest absolute Gasteiger partial charge is 0.394 e. The molecular formula is C10H19NO. The number of aliphatic hydroxyl groups excluding tert-OH is 1. The Morgan fingerprint density at radius 2 is 1.58 bits per heavy atom. The van der Waals surface area contributed by atoms with Gasteiger partial charge in [-0.05, 0) is 38.8 Å². The van der Waals surface area contributed by atoms with E-state index in [4.69, 9.17) is 0 Å². The first-order chi connectivity index (χ1) is 5.87. The standard InChI is InChI=1S/C10H19NO/c12-9-10-5-1-3-7-11(10)8-4-2-6-10/h12H,1-9H2. The van der Waals surface area contributed by atoms with Crippen LogP contribution >= 0.6 is 0 Å². The molecule has 2 rings (SSSR count). The molecule has 0 amide bonds. The number of fused-ring (bicyclic) bond motifs is 1.